The number of nitrogens with zero attached hydrogens (tertiary/aromatic N) is 4. The summed E-state index contributed by atoms with van der Waals surface area (Å²) in [5, 5.41) is 0.659. The van der Waals surface area contributed by atoms with Gasteiger partial charge in [0.1, 0.15) is 0 Å². The van der Waals surface area contributed by atoms with E-state index in [2.05, 4.69) is 19.4 Å². The fourth-order valence-corrected chi connectivity index (χ4v) is 6.37. The minimum Gasteiger partial charge on any atom is -0.398 e. The summed E-state index contributed by atoms with van der Waals surface area (Å²) in [5.74, 6) is -5.48. The molecule has 1 aromatic carbocycles. The highest BCUT2D eigenvalue weighted by molar-refractivity contribution is 6.30. The number of likely N-dealkylation sites (tertiary alicyclic amines) is 2. The Morgan fingerprint density at radius 1 is 1.03 bits per heavy atom. The topological polar surface area (TPSA) is 39.3 Å². The van der Waals surface area contributed by atoms with E-state index in [0.29, 0.717) is 30.7 Å². The van der Waals surface area contributed by atoms with Crippen molar-refractivity contribution in [2.45, 2.75) is 43.9 Å². The minimum absolute atomic E-state index is 0.0221. The van der Waals surface area contributed by atoms with Crippen molar-refractivity contribution in [1.29, 1.82) is 0 Å². The number of benzene rings is 1. The maximum Gasteiger partial charge on any atom is 0.466 e. The van der Waals surface area contributed by atoms with Crippen molar-refractivity contribution in [3.05, 3.63) is 28.8 Å². The van der Waals surface area contributed by atoms with Crippen LogP contribution < -0.4 is 4.90 Å². The largest absolute Gasteiger partial charge is 0.466 e. The molecule has 4 aliphatic heterocycles. The summed E-state index contributed by atoms with van der Waals surface area (Å²) in [6.07, 6.45) is -9.90. The number of piperazine rings is 1. The molecule has 4 saturated heterocycles. The number of anilines is 1. The molecule has 0 N–H and O–H groups in total. The number of alkyl halides is 6. The molecule has 0 aromatic heterocycles. The monoisotopic (exact) mass is 554 g/mol. The minimum atomic E-state index is -6.04. The predicted molar refractivity (Wildman–Crippen MR) is 124 cm³/mol. The molecule has 206 valence electrons. The normalized spacial score (nSPS) is 28.5. The number of carbonyl (C=O) groups excluding carboxylic acids is 1. The van der Waals surface area contributed by atoms with Gasteiger partial charge in [-0.15, -0.1) is 0 Å². The molecule has 4 fully saturated rings. The molecular weight excluding hydrogens is 526 g/mol. The maximum absolute atomic E-state index is 13.8. The lowest BCUT2D eigenvalue weighted by Crippen LogP contribution is -2.53. The predicted octanol–water partition coefficient (Wildman–Crippen LogP) is 4.62. The lowest BCUT2D eigenvalue weighted by Gasteiger charge is -2.40. The second kappa shape index (κ2) is 10.00. The number of rotatable bonds is 5. The molecule has 13 heteroatoms. The number of halogens is 7. The molecule has 1 aromatic rings. The Morgan fingerprint density at radius 2 is 1.73 bits per heavy atom. The first-order valence-corrected chi connectivity index (χ1v) is 12.8. The highest BCUT2D eigenvalue weighted by Gasteiger charge is 2.67. The van der Waals surface area contributed by atoms with E-state index in [0.717, 1.165) is 42.3 Å². The summed E-state index contributed by atoms with van der Waals surface area (Å²) in [5.41, 5.74) is 2.22. The summed E-state index contributed by atoms with van der Waals surface area (Å²) < 4.78 is 81.4. The van der Waals surface area contributed by atoms with E-state index in [9.17, 15) is 31.1 Å². The van der Waals surface area contributed by atoms with Gasteiger partial charge in [-0.25, -0.2) is 13.6 Å². The Hall–Kier alpha value is -1.92. The van der Waals surface area contributed by atoms with E-state index in [1.807, 2.05) is 18.2 Å². The van der Waals surface area contributed by atoms with Gasteiger partial charge in [-0.05, 0) is 48.9 Å². The van der Waals surface area contributed by atoms with Gasteiger partial charge in [0.15, 0.2) is 0 Å². The zero-order valence-electron chi connectivity index (χ0n) is 20.1. The molecule has 0 spiro atoms. The summed E-state index contributed by atoms with van der Waals surface area (Å²) in [4.78, 5) is 20.2. The molecule has 4 atom stereocenters. The molecule has 0 bridgehead atoms. The highest BCUT2D eigenvalue weighted by atomic mass is 35.5. The van der Waals surface area contributed by atoms with E-state index in [4.69, 9.17) is 11.6 Å². The number of amides is 1. The molecule has 37 heavy (non-hydrogen) atoms. The van der Waals surface area contributed by atoms with Crippen LogP contribution in [-0.4, -0.2) is 97.6 Å². The zero-order valence-corrected chi connectivity index (χ0v) is 20.8. The van der Waals surface area contributed by atoms with E-state index in [-0.39, 0.29) is 24.9 Å². The van der Waals surface area contributed by atoms with E-state index < -0.39 is 24.5 Å². The van der Waals surface area contributed by atoms with Crippen molar-refractivity contribution >= 4 is 23.4 Å². The maximum atomic E-state index is 13.8. The average Bonchev–Trinajstić information content (AvgIpc) is 3.53. The summed E-state index contributed by atoms with van der Waals surface area (Å²) in [6, 6.07) is 6.40. The Morgan fingerprint density at radius 3 is 2.38 bits per heavy atom. The lowest BCUT2D eigenvalue weighted by atomic mass is 10.0. The quantitative estimate of drug-likeness (QED) is 0.497. The van der Waals surface area contributed by atoms with Crippen LogP contribution >= 0.6 is 11.6 Å². The molecule has 0 radical (unpaired) electrons. The molecule has 3 unspecified atom stereocenters. The fourth-order valence-electron chi connectivity index (χ4n) is 6.20. The summed E-state index contributed by atoms with van der Waals surface area (Å²) >= 11 is 6.34. The Balaban J connectivity index is 1.20. The summed E-state index contributed by atoms with van der Waals surface area (Å²) in [7, 11) is 0. The van der Waals surface area contributed by atoms with Crippen LogP contribution in [0.4, 0.5) is 36.8 Å². The van der Waals surface area contributed by atoms with Crippen molar-refractivity contribution < 1.29 is 35.9 Å². The van der Waals surface area contributed by atoms with Gasteiger partial charge in [0.2, 0.25) is 0 Å². The SMILES string of the molecule is O=C(OC(F)(C(F)F)C(F)(F)F)N1CC2CN(Cc3ccc(Cl)cc3N3CCN4CCC[C@@H]4C3)CC2C1. The smallest absolute Gasteiger partial charge is 0.398 e. The molecule has 4 heterocycles. The van der Waals surface area contributed by atoms with Crippen molar-refractivity contribution in [2.75, 3.05) is 57.3 Å². The number of carbonyl (C=O) groups is 1. The number of hydrogen-bond acceptors (Lipinski definition) is 5. The Bertz CT molecular complexity index is 1000. The molecule has 0 aliphatic carbocycles. The number of fused-ring (bicyclic) bond motifs is 2. The second-order valence-corrected chi connectivity index (χ2v) is 10.9. The van der Waals surface area contributed by atoms with Crippen molar-refractivity contribution in [2.24, 2.45) is 11.8 Å². The number of hydrogen-bond donors (Lipinski definition) is 0. The van der Waals surface area contributed by atoms with Gasteiger partial charge >= 0.3 is 24.5 Å². The van der Waals surface area contributed by atoms with Crippen LogP contribution in [0.15, 0.2) is 18.2 Å². The number of ether oxygens (including phenoxy) is 1. The lowest BCUT2D eigenvalue weighted by molar-refractivity contribution is -0.351. The molecule has 6 nitrogen and oxygen atoms in total. The molecule has 5 rings (SSSR count). The van der Waals surface area contributed by atoms with Crippen LogP contribution in [-0.2, 0) is 11.3 Å². The molecule has 1 amide bonds. The van der Waals surface area contributed by atoms with Crippen LogP contribution in [0.2, 0.25) is 5.02 Å². The van der Waals surface area contributed by atoms with Crippen molar-refractivity contribution in [3.63, 3.8) is 0 Å². The van der Waals surface area contributed by atoms with Crippen LogP contribution in [0.1, 0.15) is 18.4 Å². The van der Waals surface area contributed by atoms with Crippen LogP contribution in [0, 0.1) is 11.8 Å². The van der Waals surface area contributed by atoms with E-state index >= 15 is 0 Å². The third kappa shape index (κ3) is 5.21. The van der Waals surface area contributed by atoms with Gasteiger partial charge in [0.25, 0.3) is 0 Å². The van der Waals surface area contributed by atoms with E-state index in [1.54, 1.807) is 0 Å². The highest BCUT2D eigenvalue weighted by Crippen LogP contribution is 2.41. The first-order chi connectivity index (χ1) is 17.4. The van der Waals surface area contributed by atoms with Gasteiger partial charge in [-0.2, -0.15) is 17.6 Å². The third-order valence-corrected chi connectivity index (χ3v) is 8.33. The Labute approximate surface area is 216 Å². The van der Waals surface area contributed by atoms with Gasteiger partial charge in [-0.1, -0.05) is 17.7 Å². The third-order valence-electron chi connectivity index (χ3n) is 8.09. The first kappa shape index (κ1) is 26.7. The molecular formula is C24H29ClF6N4O2. The van der Waals surface area contributed by atoms with Crippen LogP contribution in [0.3, 0.4) is 0 Å². The van der Waals surface area contributed by atoms with Gasteiger partial charge < -0.3 is 14.5 Å². The van der Waals surface area contributed by atoms with E-state index in [1.165, 1.54) is 12.8 Å². The van der Waals surface area contributed by atoms with Crippen molar-refractivity contribution in [1.82, 2.24) is 14.7 Å². The van der Waals surface area contributed by atoms with Crippen molar-refractivity contribution in [3.8, 4) is 0 Å². The Kier molecular flexibility index (Phi) is 7.21. The average molecular weight is 555 g/mol. The van der Waals surface area contributed by atoms with Gasteiger partial charge in [0.05, 0.1) is 0 Å². The molecule has 0 saturated carbocycles. The fraction of sp³-hybridized carbons (Fsp3) is 0.708. The van der Waals surface area contributed by atoms with Gasteiger partial charge in [-0.3, -0.25) is 9.80 Å². The molecule has 4 aliphatic rings. The second-order valence-electron chi connectivity index (χ2n) is 10.5. The summed E-state index contributed by atoms with van der Waals surface area (Å²) in [6.45, 7) is 5.85. The van der Waals surface area contributed by atoms with Gasteiger partial charge in [0, 0.05) is 69.1 Å². The van der Waals surface area contributed by atoms with Crippen LogP contribution in [0.5, 0.6) is 0 Å². The zero-order chi connectivity index (χ0) is 26.5. The first-order valence-electron chi connectivity index (χ1n) is 12.5. The van der Waals surface area contributed by atoms with Crippen LogP contribution in [0.25, 0.3) is 0 Å². The standard InChI is InChI=1S/C24H29ClF6N4O2/c25-18-4-3-15(20(8-18)34-7-6-33-5-1-2-19(33)14-34)9-32-10-16-12-35(13-17(16)11-32)22(36)37-23(28,21(26)27)24(29,30)31/h3-4,8,16-17,19,21H,1-2,5-7,9-14H2/t16?,17?,19-,23?/m1/s1.